The van der Waals surface area contributed by atoms with Crippen LogP contribution in [0.1, 0.15) is 0 Å². The zero-order chi connectivity index (χ0) is 11.2. The van der Waals surface area contributed by atoms with Gasteiger partial charge in [-0.1, -0.05) is 42.5 Å². The van der Waals surface area contributed by atoms with Gasteiger partial charge in [0.1, 0.15) is 12.4 Å². The first-order valence-corrected chi connectivity index (χ1v) is 5.37. The topological polar surface area (TPSA) is 35.2 Å². The number of ether oxygens (including phenoxy) is 1. The fourth-order valence-corrected chi connectivity index (χ4v) is 1.57. The summed E-state index contributed by atoms with van der Waals surface area (Å²) in [6.07, 6.45) is 3.82. The van der Waals surface area contributed by atoms with Crippen molar-refractivity contribution in [3.8, 4) is 5.75 Å². The lowest BCUT2D eigenvalue weighted by Crippen LogP contribution is -1.97. The van der Waals surface area contributed by atoms with Crippen LogP contribution in [0.25, 0.3) is 10.8 Å². The lowest BCUT2D eigenvalue weighted by atomic mass is 10.1. The molecule has 0 fully saturated rings. The van der Waals surface area contributed by atoms with Gasteiger partial charge in [0, 0.05) is 6.54 Å². The summed E-state index contributed by atoms with van der Waals surface area (Å²) in [6.45, 7) is 1.12. The van der Waals surface area contributed by atoms with E-state index >= 15 is 0 Å². The number of fused-ring (bicyclic) bond motifs is 1. The minimum atomic E-state index is 0.557. The van der Waals surface area contributed by atoms with Gasteiger partial charge in [0.05, 0.1) is 0 Å². The molecule has 0 aromatic heterocycles. The molecule has 2 aromatic carbocycles. The molecule has 82 valence electrons. The van der Waals surface area contributed by atoms with Gasteiger partial charge in [0.15, 0.2) is 0 Å². The van der Waals surface area contributed by atoms with Crippen molar-refractivity contribution in [1.82, 2.24) is 0 Å². The molecule has 0 heterocycles. The first-order valence-electron chi connectivity index (χ1n) is 5.37. The van der Waals surface area contributed by atoms with E-state index in [0.29, 0.717) is 13.2 Å². The maximum Gasteiger partial charge on any atom is 0.120 e. The van der Waals surface area contributed by atoms with Crippen molar-refractivity contribution in [3.63, 3.8) is 0 Å². The highest BCUT2D eigenvalue weighted by Gasteiger charge is 1.95. The second-order valence-corrected chi connectivity index (χ2v) is 3.53. The number of rotatable bonds is 4. The Bertz CT molecular complexity index is 491. The van der Waals surface area contributed by atoms with Crippen molar-refractivity contribution >= 4 is 10.8 Å². The molecule has 0 amide bonds. The monoisotopic (exact) mass is 213 g/mol. The smallest absolute Gasteiger partial charge is 0.120 e. The molecular formula is C14H15NO. The fraction of sp³-hybridized carbons (Fsp3) is 0.143. The molecule has 2 N–H and O–H groups in total. The Balaban J connectivity index is 2.10. The quantitative estimate of drug-likeness (QED) is 0.792. The van der Waals surface area contributed by atoms with E-state index in [9.17, 15) is 0 Å². The average molecular weight is 213 g/mol. The predicted molar refractivity (Wildman–Crippen MR) is 67.6 cm³/mol. The highest BCUT2D eigenvalue weighted by Crippen LogP contribution is 2.20. The Labute approximate surface area is 95.3 Å². The van der Waals surface area contributed by atoms with Crippen molar-refractivity contribution in [2.45, 2.75) is 0 Å². The van der Waals surface area contributed by atoms with Crippen molar-refractivity contribution < 1.29 is 4.74 Å². The van der Waals surface area contributed by atoms with Gasteiger partial charge in [-0.25, -0.2) is 0 Å². The Kier molecular flexibility index (Phi) is 3.57. The van der Waals surface area contributed by atoms with Crippen LogP contribution in [-0.2, 0) is 0 Å². The molecule has 16 heavy (non-hydrogen) atoms. The van der Waals surface area contributed by atoms with Gasteiger partial charge in [0.2, 0.25) is 0 Å². The minimum Gasteiger partial charge on any atom is -0.490 e. The SMILES string of the molecule is NCC=CCOc1ccc2ccccc2c1. The summed E-state index contributed by atoms with van der Waals surface area (Å²) in [4.78, 5) is 0. The third-order valence-corrected chi connectivity index (χ3v) is 2.37. The van der Waals surface area contributed by atoms with E-state index in [1.165, 1.54) is 10.8 Å². The van der Waals surface area contributed by atoms with Gasteiger partial charge in [-0.15, -0.1) is 0 Å². The van der Waals surface area contributed by atoms with Gasteiger partial charge in [-0.05, 0) is 22.9 Å². The van der Waals surface area contributed by atoms with Crippen molar-refractivity contribution in [2.24, 2.45) is 5.73 Å². The van der Waals surface area contributed by atoms with E-state index < -0.39 is 0 Å². The molecule has 0 bridgehead atoms. The van der Waals surface area contributed by atoms with Gasteiger partial charge in [-0.3, -0.25) is 0 Å². The molecular weight excluding hydrogens is 198 g/mol. The molecule has 0 saturated carbocycles. The minimum absolute atomic E-state index is 0.557. The molecule has 0 spiro atoms. The summed E-state index contributed by atoms with van der Waals surface area (Å²) in [6, 6.07) is 14.3. The van der Waals surface area contributed by atoms with Crippen LogP contribution in [0.15, 0.2) is 54.6 Å². The van der Waals surface area contributed by atoms with E-state index in [2.05, 4.69) is 18.2 Å². The van der Waals surface area contributed by atoms with E-state index in [4.69, 9.17) is 10.5 Å². The van der Waals surface area contributed by atoms with Crippen LogP contribution < -0.4 is 10.5 Å². The molecule has 0 unspecified atom stereocenters. The average Bonchev–Trinajstić information content (AvgIpc) is 2.34. The molecule has 2 nitrogen and oxygen atoms in total. The standard InChI is InChI=1S/C14H15NO/c15-9-3-4-10-16-14-8-7-12-5-1-2-6-13(12)11-14/h1-8,11H,9-10,15H2. The summed E-state index contributed by atoms with van der Waals surface area (Å²) >= 11 is 0. The Morgan fingerprint density at radius 2 is 1.81 bits per heavy atom. The predicted octanol–water partition coefficient (Wildman–Crippen LogP) is 2.73. The third-order valence-electron chi connectivity index (χ3n) is 2.37. The second kappa shape index (κ2) is 5.33. The molecule has 0 aliphatic carbocycles. The van der Waals surface area contributed by atoms with Gasteiger partial charge >= 0.3 is 0 Å². The molecule has 2 heteroatoms. The Morgan fingerprint density at radius 3 is 2.62 bits per heavy atom. The highest BCUT2D eigenvalue weighted by atomic mass is 16.5. The zero-order valence-electron chi connectivity index (χ0n) is 9.10. The molecule has 0 saturated heterocycles. The highest BCUT2D eigenvalue weighted by molar-refractivity contribution is 5.83. The Hall–Kier alpha value is -1.80. The molecule has 2 aromatic rings. The van der Waals surface area contributed by atoms with Crippen LogP contribution in [0.2, 0.25) is 0 Å². The lowest BCUT2D eigenvalue weighted by molar-refractivity contribution is 0.363. The summed E-state index contributed by atoms with van der Waals surface area (Å²) in [5.41, 5.74) is 5.34. The van der Waals surface area contributed by atoms with Gasteiger partial charge in [-0.2, -0.15) is 0 Å². The van der Waals surface area contributed by atoms with Crippen molar-refractivity contribution in [2.75, 3.05) is 13.2 Å². The van der Waals surface area contributed by atoms with Gasteiger partial charge < -0.3 is 10.5 Å². The van der Waals surface area contributed by atoms with Crippen LogP contribution in [0.3, 0.4) is 0 Å². The maximum atomic E-state index is 5.57. The van der Waals surface area contributed by atoms with E-state index in [1.54, 1.807) is 0 Å². The summed E-state index contributed by atoms with van der Waals surface area (Å²) in [5.74, 6) is 0.889. The van der Waals surface area contributed by atoms with Gasteiger partial charge in [0.25, 0.3) is 0 Å². The summed E-state index contributed by atoms with van der Waals surface area (Å²) in [5, 5.41) is 2.43. The maximum absolute atomic E-state index is 5.57. The first-order chi connectivity index (χ1) is 7.90. The van der Waals surface area contributed by atoms with Crippen LogP contribution in [-0.4, -0.2) is 13.2 Å². The fourth-order valence-electron chi connectivity index (χ4n) is 1.57. The van der Waals surface area contributed by atoms with Crippen LogP contribution in [0.5, 0.6) is 5.75 Å². The summed E-state index contributed by atoms with van der Waals surface area (Å²) < 4.78 is 5.57. The van der Waals surface area contributed by atoms with E-state index in [0.717, 1.165) is 5.75 Å². The second-order valence-electron chi connectivity index (χ2n) is 3.53. The molecule has 0 atom stereocenters. The largest absolute Gasteiger partial charge is 0.490 e. The Morgan fingerprint density at radius 1 is 1.00 bits per heavy atom. The number of hydrogen-bond acceptors (Lipinski definition) is 2. The summed E-state index contributed by atoms with van der Waals surface area (Å²) in [7, 11) is 0. The van der Waals surface area contributed by atoms with E-state index in [-0.39, 0.29) is 0 Å². The molecule has 0 aliphatic rings. The number of benzene rings is 2. The third kappa shape index (κ3) is 2.61. The lowest BCUT2D eigenvalue weighted by Gasteiger charge is -2.04. The van der Waals surface area contributed by atoms with Crippen LogP contribution >= 0.6 is 0 Å². The van der Waals surface area contributed by atoms with E-state index in [1.807, 2.05) is 36.4 Å². The first kappa shape index (κ1) is 10.7. The van der Waals surface area contributed by atoms with Crippen molar-refractivity contribution in [3.05, 3.63) is 54.6 Å². The number of hydrogen-bond donors (Lipinski definition) is 1. The number of nitrogens with two attached hydrogens (primary N) is 1. The molecule has 2 rings (SSSR count). The normalized spacial score (nSPS) is 11.1. The van der Waals surface area contributed by atoms with Crippen LogP contribution in [0, 0.1) is 0 Å². The zero-order valence-corrected chi connectivity index (χ0v) is 9.10. The molecule has 0 radical (unpaired) electrons. The van der Waals surface area contributed by atoms with Crippen molar-refractivity contribution in [1.29, 1.82) is 0 Å². The molecule has 0 aliphatic heterocycles. The van der Waals surface area contributed by atoms with Crippen LogP contribution in [0.4, 0.5) is 0 Å².